The lowest BCUT2D eigenvalue weighted by atomic mass is 9.81. The number of esters is 1. The largest absolute Gasteiger partial charge is 0.487 e. The molecule has 3 heterocycles. The van der Waals surface area contributed by atoms with Crippen molar-refractivity contribution in [2.45, 2.75) is 173 Å². The molecule has 15 unspecified atom stereocenters. The average Bonchev–Trinajstić information content (AvgIpc) is 3.29. The van der Waals surface area contributed by atoms with Crippen LogP contribution < -0.4 is 4.74 Å². The van der Waals surface area contributed by atoms with Gasteiger partial charge >= 0.3 is 5.97 Å². The number of carbonyl (C=O) groups is 4. The highest BCUT2D eigenvalue weighted by atomic mass is 19.1. The van der Waals surface area contributed by atoms with Crippen LogP contribution in [0.4, 0.5) is 4.39 Å². The van der Waals surface area contributed by atoms with Crippen molar-refractivity contribution in [1.82, 2.24) is 4.90 Å². The Hall–Kier alpha value is -3.53. The fourth-order valence-electron chi connectivity index (χ4n) is 10.3. The lowest BCUT2D eigenvalue weighted by Gasteiger charge is -2.47. The number of hydrogen-bond acceptors (Lipinski definition) is 12. The lowest BCUT2D eigenvalue weighted by Crippen LogP contribution is -2.64. The van der Waals surface area contributed by atoms with Gasteiger partial charge in [0.05, 0.1) is 24.4 Å². The highest BCUT2D eigenvalue weighted by Crippen LogP contribution is 2.40. The number of cyclic esters (lactones) is 1. The number of Topliss-reactive ketones (excluding diaryl/α,β-unsaturated/α-hetero) is 2. The van der Waals surface area contributed by atoms with E-state index in [9.17, 15) is 29.4 Å². The van der Waals surface area contributed by atoms with E-state index in [0.717, 1.165) is 22.6 Å². The van der Waals surface area contributed by atoms with Crippen molar-refractivity contribution in [1.29, 1.82) is 0 Å². The molecule has 0 radical (unpaired) electrons. The molecule has 15 atom stereocenters. The SMILES string of the molecule is CCC1C=C(C)C(F)C(C)CC(OC)C2OC(O)(C(=O)C(=O)N3CCCCC3C(=O)OC(C(C)=CC3CCC(Oc4ccccc4C)C(OC)C3)C(C)C(O)CC1=O)C(C)CC2OC. The smallest absolute Gasteiger partial charge is 0.329 e. The van der Waals surface area contributed by atoms with E-state index in [1.165, 1.54) is 14.2 Å². The third-order valence-electron chi connectivity index (χ3n) is 14.5. The van der Waals surface area contributed by atoms with Gasteiger partial charge in [-0.2, -0.15) is 0 Å². The molecule has 2 saturated heterocycles. The summed E-state index contributed by atoms with van der Waals surface area (Å²) < 4.78 is 52.8. The summed E-state index contributed by atoms with van der Waals surface area (Å²) in [6, 6.07) is 6.66. The molecule has 3 aliphatic heterocycles. The van der Waals surface area contributed by atoms with Crippen molar-refractivity contribution in [3.8, 4) is 5.75 Å². The van der Waals surface area contributed by atoms with Crippen LogP contribution in [-0.2, 0) is 42.9 Å². The van der Waals surface area contributed by atoms with Crippen molar-refractivity contribution < 1.29 is 62.2 Å². The van der Waals surface area contributed by atoms with Gasteiger partial charge in [0, 0.05) is 52.0 Å². The summed E-state index contributed by atoms with van der Waals surface area (Å²) in [6.45, 7) is 12.3. The van der Waals surface area contributed by atoms with Crippen molar-refractivity contribution in [2.24, 2.45) is 29.6 Å². The molecule has 2 bridgehead atoms. The second-order valence-electron chi connectivity index (χ2n) is 19.0. The topological polar surface area (TPSA) is 167 Å². The van der Waals surface area contributed by atoms with E-state index in [0.29, 0.717) is 43.3 Å². The highest BCUT2D eigenvalue weighted by molar-refractivity contribution is 6.39. The number of nitrogens with zero attached hydrogens (tertiary/aromatic N) is 1. The Labute approximate surface area is 379 Å². The number of hydrogen-bond donors (Lipinski definition) is 2. The summed E-state index contributed by atoms with van der Waals surface area (Å²) in [7, 11) is 4.55. The van der Waals surface area contributed by atoms with E-state index >= 15 is 4.39 Å². The van der Waals surface area contributed by atoms with Gasteiger partial charge in [-0.05, 0) is 113 Å². The van der Waals surface area contributed by atoms with Crippen molar-refractivity contribution >= 4 is 23.4 Å². The maximum atomic E-state index is 16.3. The molecule has 1 aromatic carbocycles. The van der Waals surface area contributed by atoms with E-state index in [-0.39, 0.29) is 56.1 Å². The van der Waals surface area contributed by atoms with Crippen LogP contribution >= 0.6 is 0 Å². The maximum Gasteiger partial charge on any atom is 0.329 e. The molecule has 1 amide bonds. The predicted molar refractivity (Wildman–Crippen MR) is 238 cm³/mol. The number of piperidine rings is 1. The fourth-order valence-corrected chi connectivity index (χ4v) is 10.3. The first-order valence-electron chi connectivity index (χ1n) is 23.4. The van der Waals surface area contributed by atoms with Gasteiger partial charge in [0.2, 0.25) is 5.79 Å². The molecule has 0 spiro atoms. The van der Waals surface area contributed by atoms with Gasteiger partial charge in [-0.25, -0.2) is 9.18 Å². The summed E-state index contributed by atoms with van der Waals surface area (Å²) in [6.07, 6.45) is 0.484. The van der Waals surface area contributed by atoms with E-state index in [1.54, 1.807) is 40.9 Å². The van der Waals surface area contributed by atoms with Crippen LogP contribution in [0.2, 0.25) is 0 Å². The Balaban J connectivity index is 1.51. The standard InChI is InChI=1S/C50H74FNO12/c1-11-35-23-29(3)44(51)30(4)24-42(60-9)46-43(61-10)25-32(6)50(58,64-46)47(55)48(56)52-21-15-14-17-36(52)49(57)63-45(33(7)37(53)27-38(35)54)31(5)22-34-19-20-40(41(26-34)59-8)62-39-18-13-12-16-28(39)2/h12-13,16,18,22-23,30,32-37,40-46,53,58H,11,14-15,17,19-21,24-27H2,1-10H3. The Kier molecular flexibility index (Phi) is 18.3. The zero-order valence-corrected chi connectivity index (χ0v) is 39.6. The summed E-state index contributed by atoms with van der Waals surface area (Å²) in [5.74, 6) is -8.24. The number of aliphatic hydroxyl groups excluding tert-OH is 1. The second kappa shape index (κ2) is 22.8. The van der Waals surface area contributed by atoms with E-state index in [1.807, 2.05) is 51.1 Å². The molecule has 5 rings (SSSR count). The first-order chi connectivity index (χ1) is 30.4. The Morgan fingerprint density at radius 1 is 0.922 bits per heavy atom. The lowest BCUT2D eigenvalue weighted by molar-refractivity contribution is -0.302. The van der Waals surface area contributed by atoms with Crippen LogP contribution in [0.3, 0.4) is 0 Å². The molecule has 3 fully saturated rings. The third kappa shape index (κ3) is 11.7. The number of allylic oxidation sites excluding steroid dienone is 3. The number of aliphatic hydroxyl groups is 2. The summed E-state index contributed by atoms with van der Waals surface area (Å²) in [5, 5.41) is 23.9. The fraction of sp³-hybridized carbons (Fsp3) is 0.720. The number of carbonyl (C=O) groups excluding carboxylic acids is 4. The number of rotatable bonds is 8. The minimum Gasteiger partial charge on any atom is -0.487 e. The Morgan fingerprint density at radius 2 is 1.59 bits per heavy atom. The normalized spacial score (nSPS) is 38.1. The van der Waals surface area contributed by atoms with Crippen molar-refractivity contribution in [2.75, 3.05) is 27.9 Å². The Morgan fingerprint density at radius 3 is 2.25 bits per heavy atom. The van der Waals surface area contributed by atoms with Gasteiger partial charge in [0.25, 0.3) is 11.7 Å². The number of amides is 1. The zero-order valence-electron chi connectivity index (χ0n) is 39.6. The van der Waals surface area contributed by atoms with Crippen molar-refractivity contribution in [3.05, 3.63) is 53.1 Å². The number of methoxy groups -OCH3 is 3. The number of ether oxygens (including phenoxy) is 6. The van der Waals surface area contributed by atoms with Gasteiger partial charge in [0.1, 0.15) is 42.1 Å². The van der Waals surface area contributed by atoms with Crippen LogP contribution in [0.5, 0.6) is 5.75 Å². The van der Waals surface area contributed by atoms with Crippen LogP contribution in [0.15, 0.2) is 47.6 Å². The van der Waals surface area contributed by atoms with E-state index in [2.05, 4.69) is 0 Å². The average molecular weight is 900 g/mol. The number of aryl methyl sites for hydroxylation is 1. The van der Waals surface area contributed by atoms with Gasteiger partial charge in [-0.1, -0.05) is 58.0 Å². The molecule has 4 aliphatic rings. The zero-order chi connectivity index (χ0) is 47.0. The highest BCUT2D eigenvalue weighted by Gasteiger charge is 2.57. The van der Waals surface area contributed by atoms with Crippen molar-refractivity contribution in [3.63, 3.8) is 0 Å². The molecule has 1 aliphatic carbocycles. The van der Waals surface area contributed by atoms with Gasteiger partial charge < -0.3 is 43.5 Å². The third-order valence-corrected chi connectivity index (χ3v) is 14.5. The maximum absolute atomic E-state index is 16.3. The van der Waals surface area contributed by atoms with Gasteiger partial charge in [-0.3, -0.25) is 14.4 Å². The first-order valence-corrected chi connectivity index (χ1v) is 23.4. The van der Waals surface area contributed by atoms with Gasteiger partial charge in [-0.15, -0.1) is 0 Å². The molecular formula is C50H74FNO12. The quantitative estimate of drug-likeness (QED) is 0.159. The molecule has 358 valence electrons. The van der Waals surface area contributed by atoms with Crippen LogP contribution in [0.1, 0.15) is 111 Å². The molecule has 2 N–H and O–H groups in total. The molecule has 14 heteroatoms. The number of fused-ring (bicyclic) bond motifs is 3. The molecule has 1 saturated carbocycles. The number of alkyl halides is 1. The van der Waals surface area contributed by atoms with Crippen LogP contribution in [0.25, 0.3) is 0 Å². The molecule has 0 aromatic heterocycles. The van der Waals surface area contributed by atoms with Crippen LogP contribution in [-0.4, -0.2) is 127 Å². The number of benzene rings is 1. The number of para-hydroxylation sites is 1. The predicted octanol–water partition coefficient (Wildman–Crippen LogP) is 6.82. The van der Waals surface area contributed by atoms with Gasteiger partial charge in [0.15, 0.2) is 0 Å². The first kappa shape index (κ1) is 51.5. The molecular weight excluding hydrogens is 826 g/mol. The minimum absolute atomic E-state index is 0.00652. The molecule has 64 heavy (non-hydrogen) atoms. The van der Waals surface area contributed by atoms with E-state index < -0.39 is 89.9 Å². The summed E-state index contributed by atoms with van der Waals surface area (Å²) >= 11 is 0. The summed E-state index contributed by atoms with van der Waals surface area (Å²) in [4.78, 5) is 58.2. The minimum atomic E-state index is -2.61. The second-order valence-corrected chi connectivity index (χ2v) is 19.0. The molecule has 1 aromatic rings. The van der Waals surface area contributed by atoms with E-state index in [4.69, 9.17) is 28.4 Å². The summed E-state index contributed by atoms with van der Waals surface area (Å²) in [5.41, 5.74) is 2.01. The number of halogens is 1. The molecule has 13 nitrogen and oxygen atoms in total. The Bertz CT molecular complexity index is 1840. The monoisotopic (exact) mass is 900 g/mol. The number of ketones is 2. The van der Waals surface area contributed by atoms with Crippen LogP contribution in [0, 0.1) is 36.5 Å².